The van der Waals surface area contributed by atoms with Gasteiger partial charge >= 0.3 is 0 Å². The van der Waals surface area contributed by atoms with Crippen molar-refractivity contribution in [3.63, 3.8) is 0 Å². The van der Waals surface area contributed by atoms with Gasteiger partial charge in [0, 0.05) is 39.6 Å². The number of carbonyl (C=O) groups is 2. The van der Waals surface area contributed by atoms with Crippen LogP contribution in [0.1, 0.15) is 28.5 Å². The molecule has 0 unspecified atom stereocenters. The van der Waals surface area contributed by atoms with E-state index in [0.717, 1.165) is 16.9 Å². The molecule has 7 heteroatoms. The van der Waals surface area contributed by atoms with Gasteiger partial charge in [0.25, 0.3) is 5.91 Å². The molecule has 26 heavy (non-hydrogen) atoms. The highest BCUT2D eigenvalue weighted by molar-refractivity contribution is 5.92. The van der Waals surface area contributed by atoms with Gasteiger partial charge in [-0.15, -0.1) is 0 Å². The monoisotopic (exact) mass is 353 g/mol. The molecule has 2 heterocycles. The van der Waals surface area contributed by atoms with Gasteiger partial charge in [-0.1, -0.05) is 24.3 Å². The molecule has 0 spiro atoms. The number of rotatable bonds is 4. The summed E-state index contributed by atoms with van der Waals surface area (Å²) in [5, 5.41) is 2.87. The van der Waals surface area contributed by atoms with Gasteiger partial charge in [0.05, 0.1) is 12.4 Å². The Hall–Kier alpha value is -2.96. The molecule has 2 amide bonds. The second kappa shape index (κ2) is 7.95. The number of carbonyl (C=O) groups excluding carboxylic acids is 2. The zero-order valence-electron chi connectivity index (χ0n) is 15.1. The molecule has 0 radical (unpaired) electrons. The number of hydrogen-bond acceptors (Lipinski definition) is 5. The first-order valence-electron chi connectivity index (χ1n) is 8.70. The molecule has 0 bridgehead atoms. The normalized spacial score (nSPS) is 14.2. The van der Waals surface area contributed by atoms with E-state index in [0.29, 0.717) is 38.4 Å². The van der Waals surface area contributed by atoms with Gasteiger partial charge in [-0.2, -0.15) is 0 Å². The van der Waals surface area contributed by atoms with Crippen LogP contribution in [0.2, 0.25) is 0 Å². The third-order valence-corrected chi connectivity index (χ3v) is 4.62. The molecule has 0 aliphatic carbocycles. The summed E-state index contributed by atoms with van der Waals surface area (Å²) >= 11 is 0. The molecule has 1 aliphatic rings. The van der Waals surface area contributed by atoms with Crippen molar-refractivity contribution >= 4 is 17.6 Å². The lowest BCUT2D eigenvalue weighted by molar-refractivity contribution is -0.129. The summed E-state index contributed by atoms with van der Waals surface area (Å²) in [6, 6.07) is 7.93. The third kappa shape index (κ3) is 4.17. The number of anilines is 1. The van der Waals surface area contributed by atoms with Gasteiger partial charge in [0.15, 0.2) is 0 Å². The number of aromatic nitrogens is 2. The molecule has 1 N–H and O–H groups in total. The van der Waals surface area contributed by atoms with Crippen molar-refractivity contribution in [2.75, 3.05) is 31.1 Å². The van der Waals surface area contributed by atoms with Crippen molar-refractivity contribution in [3.8, 4) is 0 Å². The van der Waals surface area contributed by atoms with Gasteiger partial charge < -0.3 is 15.1 Å². The van der Waals surface area contributed by atoms with Crippen molar-refractivity contribution in [2.24, 2.45) is 0 Å². The van der Waals surface area contributed by atoms with Crippen LogP contribution in [0.4, 0.5) is 5.82 Å². The zero-order valence-corrected chi connectivity index (χ0v) is 15.1. The van der Waals surface area contributed by atoms with Crippen LogP contribution in [0.15, 0.2) is 36.7 Å². The van der Waals surface area contributed by atoms with E-state index in [2.05, 4.69) is 20.2 Å². The van der Waals surface area contributed by atoms with Crippen LogP contribution in [0.5, 0.6) is 0 Å². The summed E-state index contributed by atoms with van der Waals surface area (Å²) in [7, 11) is 0. The maximum Gasteiger partial charge on any atom is 0.271 e. The maximum atomic E-state index is 12.3. The van der Waals surface area contributed by atoms with Crippen molar-refractivity contribution in [3.05, 3.63) is 53.5 Å². The number of nitrogens with zero attached hydrogens (tertiary/aromatic N) is 4. The Balaban J connectivity index is 1.56. The highest BCUT2D eigenvalue weighted by Gasteiger charge is 2.20. The van der Waals surface area contributed by atoms with Crippen LogP contribution < -0.4 is 10.2 Å². The number of piperazine rings is 1. The largest absolute Gasteiger partial charge is 0.352 e. The van der Waals surface area contributed by atoms with Gasteiger partial charge in [-0.05, 0) is 18.1 Å². The lowest BCUT2D eigenvalue weighted by Gasteiger charge is -2.34. The first kappa shape index (κ1) is 17.8. The number of aryl methyl sites for hydroxylation is 1. The lowest BCUT2D eigenvalue weighted by atomic mass is 10.1. The van der Waals surface area contributed by atoms with Crippen LogP contribution in [0, 0.1) is 6.92 Å². The Morgan fingerprint density at radius 1 is 1.08 bits per heavy atom. The zero-order chi connectivity index (χ0) is 18.5. The summed E-state index contributed by atoms with van der Waals surface area (Å²) in [5.41, 5.74) is 2.51. The first-order valence-corrected chi connectivity index (χ1v) is 8.70. The van der Waals surface area contributed by atoms with E-state index >= 15 is 0 Å². The fraction of sp³-hybridized carbons (Fsp3) is 0.368. The van der Waals surface area contributed by atoms with Crippen LogP contribution in [-0.2, 0) is 11.3 Å². The van der Waals surface area contributed by atoms with E-state index in [1.54, 1.807) is 13.1 Å². The smallest absolute Gasteiger partial charge is 0.271 e. The molecule has 1 aromatic carbocycles. The minimum absolute atomic E-state index is 0.0939. The predicted molar refractivity (Wildman–Crippen MR) is 98.8 cm³/mol. The lowest BCUT2D eigenvalue weighted by Crippen LogP contribution is -2.48. The van der Waals surface area contributed by atoms with E-state index in [4.69, 9.17) is 0 Å². The second-order valence-electron chi connectivity index (χ2n) is 6.36. The molecule has 3 rings (SSSR count). The van der Waals surface area contributed by atoms with E-state index in [1.165, 1.54) is 6.20 Å². The van der Waals surface area contributed by atoms with Crippen LogP contribution >= 0.6 is 0 Å². The van der Waals surface area contributed by atoms with Crippen LogP contribution in [0.3, 0.4) is 0 Å². The highest BCUT2D eigenvalue weighted by atomic mass is 16.2. The summed E-state index contributed by atoms with van der Waals surface area (Å²) < 4.78 is 0. The molecule has 1 fully saturated rings. The Morgan fingerprint density at radius 3 is 2.42 bits per heavy atom. The first-order chi connectivity index (χ1) is 12.5. The van der Waals surface area contributed by atoms with E-state index in [1.807, 2.05) is 36.1 Å². The molecule has 1 aromatic heterocycles. The maximum absolute atomic E-state index is 12.3. The molecule has 7 nitrogen and oxygen atoms in total. The topological polar surface area (TPSA) is 78.4 Å². The molecular formula is C19H23N5O2. The highest BCUT2D eigenvalue weighted by Crippen LogP contribution is 2.13. The Kier molecular flexibility index (Phi) is 5.46. The molecule has 1 saturated heterocycles. The van der Waals surface area contributed by atoms with Gasteiger partial charge in [-0.25, -0.2) is 9.97 Å². The van der Waals surface area contributed by atoms with Crippen LogP contribution in [0.25, 0.3) is 0 Å². The van der Waals surface area contributed by atoms with Gasteiger partial charge in [0.1, 0.15) is 11.5 Å². The van der Waals surface area contributed by atoms with Crippen molar-refractivity contribution < 1.29 is 9.59 Å². The molecule has 0 saturated carbocycles. The Labute approximate surface area is 153 Å². The molecule has 0 atom stereocenters. The molecule has 136 valence electrons. The van der Waals surface area contributed by atoms with E-state index < -0.39 is 0 Å². The van der Waals surface area contributed by atoms with Gasteiger partial charge in [0.2, 0.25) is 5.91 Å². The summed E-state index contributed by atoms with van der Waals surface area (Å²) in [6.07, 6.45) is 3.12. The predicted octanol–water partition coefficient (Wildman–Crippen LogP) is 1.38. The fourth-order valence-electron chi connectivity index (χ4n) is 2.93. The number of amides is 2. The average molecular weight is 353 g/mol. The summed E-state index contributed by atoms with van der Waals surface area (Å²) in [4.78, 5) is 36.1. The van der Waals surface area contributed by atoms with E-state index in [-0.39, 0.29) is 11.8 Å². The third-order valence-electron chi connectivity index (χ3n) is 4.62. The second-order valence-corrected chi connectivity index (χ2v) is 6.36. The molecular weight excluding hydrogens is 330 g/mol. The average Bonchev–Trinajstić information content (AvgIpc) is 2.67. The summed E-state index contributed by atoms with van der Waals surface area (Å²) in [5.74, 6) is 0.578. The number of benzene rings is 1. The molecule has 1 aliphatic heterocycles. The van der Waals surface area contributed by atoms with E-state index in [9.17, 15) is 9.59 Å². The number of nitrogens with one attached hydrogen (secondary N) is 1. The van der Waals surface area contributed by atoms with Crippen molar-refractivity contribution in [1.29, 1.82) is 0 Å². The quantitative estimate of drug-likeness (QED) is 0.898. The van der Waals surface area contributed by atoms with Crippen LogP contribution in [-0.4, -0.2) is 52.9 Å². The van der Waals surface area contributed by atoms with Crippen molar-refractivity contribution in [2.45, 2.75) is 20.4 Å². The summed E-state index contributed by atoms with van der Waals surface area (Å²) in [6.45, 7) is 6.84. The van der Waals surface area contributed by atoms with Gasteiger partial charge in [-0.3, -0.25) is 9.59 Å². The van der Waals surface area contributed by atoms with Crippen molar-refractivity contribution in [1.82, 2.24) is 20.2 Å². The Bertz CT molecular complexity index is 783. The standard InChI is InChI=1S/C19H23N5O2/c1-14-5-3-4-6-16(14)11-22-19(26)17-12-21-18(13-20-17)24-9-7-23(8-10-24)15(2)25/h3-6,12-13H,7-11H2,1-2H3,(H,22,26). The SMILES string of the molecule is CC(=O)N1CCN(c2cnc(C(=O)NCc3ccccc3C)cn2)CC1. The minimum atomic E-state index is -0.242. The minimum Gasteiger partial charge on any atom is -0.352 e. The number of hydrogen-bond donors (Lipinski definition) is 1. The fourth-order valence-corrected chi connectivity index (χ4v) is 2.93. The Morgan fingerprint density at radius 2 is 1.81 bits per heavy atom. The molecule has 2 aromatic rings.